The third-order valence-electron chi connectivity index (χ3n) is 6.17. The van der Waals surface area contributed by atoms with E-state index >= 15 is 0 Å². The van der Waals surface area contributed by atoms with Crippen LogP contribution in [-0.2, 0) is 17.7 Å². The van der Waals surface area contributed by atoms with E-state index in [1.165, 1.54) is 6.07 Å². The van der Waals surface area contributed by atoms with Crippen molar-refractivity contribution in [2.75, 3.05) is 36.5 Å². The Hall–Kier alpha value is -3.19. The first-order valence-electron chi connectivity index (χ1n) is 11.3. The molecule has 0 bridgehead atoms. The summed E-state index contributed by atoms with van der Waals surface area (Å²) in [6.07, 6.45) is 4.04. The summed E-state index contributed by atoms with van der Waals surface area (Å²) in [5, 5.41) is 2.87. The van der Waals surface area contributed by atoms with Gasteiger partial charge in [-0.1, -0.05) is 36.8 Å². The number of hydrogen-bond donors (Lipinski definition) is 1. The number of halogens is 1. The van der Waals surface area contributed by atoms with E-state index in [0.29, 0.717) is 43.4 Å². The molecule has 1 amide bonds. The van der Waals surface area contributed by atoms with Gasteiger partial charge in [-0.2, -0.15) is 0 Å². The molecule has 6 nitrogen and oxygen atoms in total. The molecule has 0 radical (unpaired) electrons. The molecule has 32 heavy (non-hydrogen) atoms. The minimum absolute atomic E-state index is 0.295. The molecular formula is C25H27FN4O2. The number of hydrogen-bond acceptors (Lipinski definition) is 4. The number of imidazole rings is 1. The SMILES string of the molecule is O=C(Nc1ccc(N2CCOCC2)c(F)c1)c1nc(-c2ccccc2)n2c1CCCCC2. The van der Waals surface area contributed by atoms with Crippen molar-refractivity contribution in [2.45, 2.75) is 32.2 Å². The Kier molecular flexibility index (Phi) is 5.90. The molecule has 0 atom stereocenters. The number of carbonyl (C=O) groups excluding carboxylic acids is 1. The fourth-order valence-corrected chi connectivity index (χ4v) is 4.54. The van der Waals surface area contributed by atoms with Crippen molar-refractivity contribution in [1.82, 2.24) is 9.55 Å². The summed E-state index contributed by atoms with van der Waals surface area (Å²) < 4.78 is 22.3. The molecule has 5 rings (SSSR count). The molecule has 7 heteroatoms. The highest BCUT2D eigenvalue weighted by molar-refractivity contribution is 6.04. The Morgan fingerprint density at radius 2 is 1.81 bits per heavy atom. The zero-order valence-electron chi connectivity index (χ0n) is 18.0. The molecule has 1 fully saturated rings. The van der Waals surface area contributed by atoms with Crippen molar-refractivity contribution in [2.24, 2.45) is 0 Å². The second-order valence-electron chi connectivity index (χ2n) is 8.28. The highest BCUT2D eigenvalue weighted by Gasteiger charge is 2.25. The first-order valence-corrected chi connectivity index (χ1v) is 11.3. The monoisotopic (exact) mass is 434 g/mol. The molecule has 166 valence electrons. The van der Waals surface area contributed by atoms with E-state index in [1.807, 2.05) is 35.2 Å². The van der Waals surface area contributed by atoms with Crippen LogP contribution < -0.4 is 10.2 Å². The summed E-state index contributed by atoms with van der Waals surface area (Å²) in [4.78, 5) is 19.9. The van der Waals surface area contributed by atoms with Crippen LogP contribution in [0.2, 0.25) is 0 Å². The summed E-state index contributed by atoms with van der Waals surface area (Å²) >= 11 is 0. The van der Waals surface area contributed by atoms with Crippen LogP contribution in [0.25, 0.3) is 11.4 Å². The first-order chi connectivity index (χ1) is 15.7. The molecule has 2 aromatic carbocycles. The molecule has 3 aromatic rings. The van der Waals surface area contributed by atoms with Crippen LogP contribution >= 0.6 is 0 Å². The van der Waals surface area contributed by atoms with Gasteiger partial charge in [-0.05, 0) is 37.5 Å². The molecule has 1 N–H and O–H groups in total. The van der Waals surface area contributed by atoms with Crippen LogP contribution in [0.1, 0.15) is 35.4 Å². The molecule has 1 aromatic heterocycles. The molecule has 2 aliphatic heterocycles. The average molecular weight is 435 g/mol. The third-order valence-corrected chi connectivity index (χ3v) is 6.17. The van der Waals surface area contributed by atoms with Crippen LogP contribution in [0.3, 0.4) is 0 Å². The summed E-state index contributed by atoms with van der Waals surface area (Å²) in [5.74, 6) is 0.177. The van der Waals surface area contributed by atoms with Crippen molar-refractivity contribution < 1.29 is 13.9 Å². The topological polar surface area (TPSA) is 59.4 Å². The van der Waals surface area contributed by atoms with E-state index in [1.54, 1.807) is 12.1 Å². The number of nitrogens with one attached hydrogen (secondary N) is 1. The Labute approximate surface area is 187 Å². The van der Waals surface area contributed by atoms with Gasteiger partial charge < -0.3 is 19.5 Å². The number of anilines is 2. The number of fused-ring (bicyclic) bond motifs is 1. The lowest BCUT2D eigenvalue weighted by Gasteiger charge is -2.29. The fourth-order valence-electron chi connectivity index (χ4n) is 4.54. The van der Waals surface area contributed by atoms with Crippen LogP contribution in [0.4, 0.5) is 15.8 Å². The standard InChI is InChI=1S/C25H27FN4O2/c26-20-17-19(10-11-21(20)29-13-15-32-16-14-29)27-25(31)23-22-9-5-2-6-12-30(22)24(28-23)18-7-3-1-4-8-18/h1,3-4,7-8,10-11,17H,2,5-6,9,12-16H2,(H,27,31). The maximum atomic E-state index is 14.8. The molecule has 3 heterocycles. The predicted molar refractivity (Wildman–Crippen MR) is 123 cm³/mol. The van der Waals surface area contributed by atoms with Crippen LogP contribution in [0.5, 0.6) is 0 Å². The van der Waals surface area contributed by atoms with Gasteiger partial charge in [0.15, 0.2) is 0 Å². The van der Waals surface area contributed by atoms with Gasteiger partial charge in [-0.3, -0.25) is 4.79 Å². The lowest BCUT2D eigenvalue weighted by Crippen LogP contribution is -2.36. The summed E-state index contributed by atoms with van der Waals surface area (Å²) in [5.41, 5.74) is 3.36. The predicted octanol–water partition coefficient (Wildman–Crippen LogP) is 4.50. The van der Waals surface area contributed by atoms with Crippen molar-refractivity contribution >= 4 is 17.3 Å². The number of morpholine rings is 1. The fraction of sp³-hybridized carbons (Fsp3) is 0.360. The highest BCUT2D eigenvalue weighted by atomic mass is 19.1. The first kappa shape index (κ1) is 20.7. The Morgan fingerprint density at radius 3 is 2.59 bits per heavy atom. The molecule has 0 aliphatic carbocycles. The number of nitrogens with zero attached hydrogens (tertiary/aromatic N) is 3. The number of carbonyl (C=O) groups is 1. The van der Waals surface area contributed by atoms with Crippen LogP contribution in [0.15, 0.2) is 48.5 Å². The second kappa shape index (κ2) is 9.12. The van der Waals surface area contributed by atoms with Gasteiger partial charge in [0.1, 0.15) is 17.3 Å². The summed E-state index contributed by atoms with van der Waals surface area (Å²) in [6, 6.07) is 14.8. The lowest BCUT2D eigenvalue weighted by molar-refractivity contribution is 0.102. The van der Waals surface area contributed by atoms with E-state index in [9.17, 15) is 9.18 Å². The zero-order chi connectivity index (χ0) is 21.9. The maximum Gasteiger partial charge on any atom is 0.276 e. The smallest absolute Gasteiger partial charge is 0.276 e. The number of amides is 1. The zero-order valence-corrected chi connectivity index (χ0v) is 18.0. The van der Waals surface area contributed by atoms with Gasteiger partial charge in [0, 0.05) is 30.9 Å². The number of rotatable bonds is 4. The average Bonchev–Trinajstić information content (AvgIpc) is 3.01. The third kappa shape index (κ3) is 4.12. The number of benzene rings is 2. The number of ether oxygens (including phenoxy) is 1. The maximum absolute atomic E-state index is 14.8. The van der Waals surface area contributed by atoms with Gasteiger partial charge in [0.05, 0.1) is 24.6 Å². The van der Waals surface area contributed by atoms with E-state index in [0.717, 1.165) is 49.3 Å². The van der Waals surface area contributed by atoms with E-state index < -0.39 is 0 Å². The molecule has 0 saturated carbocycles. The second-order valence-corrected chi connectivity index (χ2v) is 8.28. The molecule has 1 saturated heterocycles. The van der Waals surface area contributed by atoms with Gasteiger partial charge in [-0.15, -0.1) is 0 Å². The normalized spacial score (nSPS) is 16.3. The Balaban J connectivity index is 1.42. The van der Waals surface area contributed by atoms with E-state index in [2.05, 4.69) is 9.88 Å². The Morgan fingerprint density at radius 1 is 1.00 bits per heavy atom. The van der Waals surface area contributed by atoms with Crippen molar-refractivity contribution in [3.05, 3.63) is 65.7 Å². The summed E-state index contributed by atoms with van der Waals surface area (Å²) in [6.45, 7) is 3.35. The molecule has 2 aliphatic rings. The van der Waals surface area contributed by atoms with Crippen molar-refractivity contribution in [3.8, 4) is 11.4 Å². The minimum atomic E-state index is -0.349. The highest BCUT2D eigenvalue weighted by Crippen LogP contribution is 2.28. The molecule has 0 spiro atoms. The van der Waals surface area contributed by atoms with Crippen LogP contribution in [0, 0.1) is 5.82 Å². The van der Waals surface area contributed by atoms with Gasteiger partial charge in [0.2, 0.25) is 0 Å². The molecular weight excluding hydrogens is 407 g/mol. The van der Waals surface area contributed by atoms with Crippen LogP contribution in [-0.4, -0.2) is 41.8 Å². The van der Waals surface area contributed by atoms with E-state index in [-0.39, 0.29) is 11.7 Å². The van der Waals surface area contributed by atoms with Crippen molar-refractivity contribution in [1.29, 1.82) is 0 Å². The van der Waals surface area contributed by atoms with E-state index in [4.69, 9.17) is 9.72 Å². The largest absolute Gasteiger partial charge is 0.378 e. The summed E-state index contributed by atoms with van der Waals surface area (Å²) in [7, 11) is 0. The molecule has 0 unspecified atom stereocenters. The Bertz CT molecular complexity index is 1110. The van der Waals surface area contributed by atoms with Gasteiger partial charge in [-0.25, -0.2) is 9.37 Å². The lowest BCUT2D eigenvalue weighted by atomic mass is 10.1. The number of aromatic nitrogens is 2. The quantitative estimate of drug-likeness (QED) is 0.657. The van der Waals surface area contributed by atoms with Gasteiger partial charge in [0.25, 0.3) is 5.91 Å². The van der Waals surface area contributed by atoms with Gasteiger partial charge >= 0.3 is 0 Å². The van der Waals surface area contributed by atoms with Crippen molar-refractivity contribution in [3.63, 3.8) is 0 Å². The minimum Gasteiger partial charge on any atom is -0.378 e.